The van der Waals surface area contributed by atoms with Crippen molar-refractivity contribution < 1.29 is 0 Å². The lowest BCUT2D eigenvalue weighted by Crippen LogP contribution is -1.92. The van der Waals surface area contributed by atoms with Crippen molar-refractivity contribution in [3.8, 4) is 0 Å². The molecule has 0 aliphatic rings. The molecule has 0 saturated heterocycles. The first-order chi connectivity index (χ1) is 8.83. The number of hydrogen-bond acceptors (Lipinski definition) is 2. The molecule has 2 aromatic heterocycles. The van der Waals surface area contributed by atoms with Gasteiger partial charge in [-0.15, -0.1) is 0 Å². The smallest absolute Gasteiger partial charge is 0.158 e. The molecule has 0 radical (unpaired) electrons. The van der Waals surface area contributed by atoms with Gasteiger partial charge in [-0.3, -0.25) is 4.68 Å². The quantitative estimate of drug-likeness (QED) is 0.436. The SMILES string of the molecule is Cn1ncc2cc3ccc4ccccc4c3nc21. The van der Waals surface area contributed by atoms with Crippen molar-refractivity contribution in [2.24, 2.45) is 7.05 Å². The molecular weight excluding hydrogens is 222 g/mol. The second kappa shape index (κ2) is 3.29. The highest BCUT2D eigenvalue weighted by Gasteiger charge is 2.06. The molecule has 18 heavy (non-hydrogen) atoms. The van der Waals surface area contributed by atoms with Gasteiger partial charge >= 0.3 is 0 Å². The molecule has 2 heterocycles. The molecule has 3 nitrogen and oxygen atoms in total. The van der Waals surface area contributed by atoms with E-state index in [1.807, 2.05) is 17.9 Å². The third kappa shape index (κ3) is 1.19. The van der Waals surface area contributed by atoms with Crippen LogP contribution in [-0.2, 0) is 7.05 Å². The van der Waals surface area contributed by atoms with Crippen LogP contribution in [0, 0.1) is 0 Å². The predicted octanol–water partition coefficient (Wildman–Crippen LogP) is 3.27. The van der Waals surface area contributed by atoms with Crippen LogP contribution >= 0.6 is 0 Å². The highest BCUT2D eigenvalue weighted by molar-refractivity contribution is 6.07. The number of aryl methyl sites for hydroxylation is 1. The summed E-state index contributed by atoms with van der Waals surface area (Å²) in [5, 5.41) is 8.91. The van der Waals surface area contributed by atoms with Crippen molar-refractivity contribution in [1.82, 2.24) is 14.8 Å². The fourth-order valence-electron chi connectivity index (χ4n) is 2.47. The van der Waals surface area contributed by atoms with Crippen LogP contribution in [0.25, 0.3) is 32.7 Å². The Morgan fingerprint density at radius 2 is 1.78 bits per heavy atom. The van der Waals surface area contributed by atoms with Crippen molar-refractivity contribution in [3.63, 3.8) is 0 Å². The molecule has 0 aliphatic heterocycles. The van der Waals surface area contributed by atoms with Gasteiger partial charge in [-0.1, -0.05) is 36.4 Å². The lowest BCUT2D eigenvalue weighted by atomic mass is 10.1. The number of aromatic nitrogens is 3. The zero-order valence-corrected chi connectivity index (χ0v) is 9.96. The summed E-state index contributed by atoms with van der Waals surface area (Å²) in [5.74, 6) is 0. The first-order valence-electron chi connectivity index (χ1n) is 5.93. The summed E-state index contributed by atoms with van der Waals surface area (Å²) in [6, 6.07) is 14.8. The van der Waals surface area contributed by atoms with E-state index in [-0.39, 0.29) is 0 Å². The van der Waals surface area contributed by atoms with Crippen LogP contribution < -0.4 is 0 Å². The van der Waals surface area contributed by atoms with Crippen LogP contribution in [-0.4, -0.2) is 14.8 Å². The Labute approximate surface area is 104 Å². The average molecular weight is 233 g/mol. The minimum atomic E-state index is 0.929. The Balaban J connectivity index is 2.29. The van der Waals surface area contributed by atoms with E-state index in [4.69, 9.17) is 4.98 Å². The first-order valence-corrected chi connectivity index (χ1v) is 5.93. The molecule has 0 fully saturated rings. The monoisotopic (exact) mass is 233 g/mol. The average Bonchev–Trinajstić information content (AvgIpc) is 2.78. The van der Waals surface area contributed by atoms with Gasteiger partial charge in [0.1, 0.15) is 0 Å². The molecule has 3 heteroatoms. The second-order valence-electron chi connectivity index (χ2n) is 4.53. The zero-order valence-electron chi connectivity index (χ0n) is 9.96. The van der Waals surface area contributed by atoms with E-state index in [0.717, 1.165) is 21.9 Å². The Bertz CT molecular complexity index is 890. The Morgan fingerprint density at radius 3 is 2.72 bits per heavy atom. The molecule has 4 rings (SSSR count). The first kappa shape index (κ1) is 9.59. The highest BCUT2D eigenvalue weighted by Crippen LogP contribution is 2.26. The maximum absolute atomic E-state index is 4.77. The van der Waals surface area contributed by atoms with Crippen molar-refractivity contribution >= 4 is 32.7 Å². The molecular formula is C15H11N3. The number of pyridine rings is 1. The van der Waals surface area contributed by atoms with E-state index in [9.17, 15) is 0 Å². The molecule has 0 aliphatic carbocycles. The van der Waals surface area contributed by atoms with E-state index < -0.39 is 0 Å². The van der Waals surface area contributed by atoms with E-state index >= 15 is 0 Å². The second-order valence-corrected chi connectivity index (χ2v) is 4.53. The largest absolute Gasteiger partial charge is 0.250 e. The molecule has 86 valence electrons. The molecule has 0 saturated carbocycles. The van der Waals surface area contributed by atoms with Crippen molar-refractivity contribution in [2.45, 2.75) is 0 Å². The summed E-state index contributed by atoms with van der Waals surface area (Å²) >= 11 is 0. The Kier molecular flexibility index (Phi) is 1.75. The number of fused-ring (bicyclic) bond motifs is 4. The summed E-state index contributed by atoms with van der Waals surface area (Å²) in [5.41, 5.74) is 1.98. The topological polar surface area (TPSA) is 30.7 Å². The van der Waals surface area contributed by atoms with Crippen LogP contribution in [0.5, 0.6) is 0 Å². The minimum absolute atomic E-state index is 0.929. The van der Waals surface area contributed by atoms with Crippen molar-refractivity contribution in [3.05, 3.63) is 48.7 Å². The van der Waals surface area contributed by atoms with Crippen molar-refractivity contribution in [2.75, 3.05) is 0 Å². The van der Waals surface area contributed by atoms with Gasteiger partial charge in [-0.2, -0.15) is 5.10 Å². The highest BCUT2D eigenvalue weighted by atomic mass is 15.3. The van der Waals surface area contributed by atoms with Gasteiger partial charge in [-0.05, 0) is 11.5 Å². The van der Waals surface area contributed by atoms with E-state index in [0.29, 0.717) is 0 Å². The predicted molar refractivity (Wildman–Crippen MR) is 73.5 cm³/mol. The molecule has 0 spiro atoms. The third-order valence-corrected chi connectivity index (χ3v) is 3.40. The summed E-state index contributed by atoms with van der Waals surface area (Å²) in [6.45, 7) is 0. The van der Waals surface area contributed by atoms with Crippen LogP contribution in [0.2, 0.25) is 0 Å². The molecule has 0 unspecified atom stereocenters. The Hall–Kier alpha value is -2.42. The van der Waals surface area contributed by atoms with Gasteiger partial charge in [0.25, 0.3) is 0 Å². The lowest BCUT2D eigenvalue weighted by molar-refractivity contribution is 0.788. The number of rotatable bonds is 0. The fraction of sp³-hybridized carbons (Fsp3) is 0.0667. The summed E-state index contributed by atoms with van der Waals surface area (Å²) < 4.78 is 1.82. The normalized spacial score (nSPS) is 11.6. The maximum Gasteiger partial charge on any atom is 0.158 e. The molecule has 4 aromatic rings. The summed E-state index contributed by atoms with van der Waals surface area (Å²) in [7, 11) is 1.92. The van der Waals surface area contributed by atoms with Gasteiger partial charge in [0.15, 0.2) is 5.65 Å². The van der Waals surface area contributed by atoms with Crippen LogP contribution in [0.15, 0.2) is 48.7 Å². The van der Waals surface area contributed by atoms with Gasteiger partial charge in [0.05, 0.1) is 11.7 Å². The summed E-state index contributed by atoms with van der Waals surface area (Å²) in [6.07, 6.45) is 1.86. The standard InChI is InChI=1S/C15H11N3/c1-18-15-12(9-16-18)8-11-7-6-10-4-2-3-5-13(10)14(11)17-15/h2-9H,1H3. The number of benzene rings is 2. The summed E-state index contributed by atoms with van der Waals surface area (Å²) in [4.78, 5) is 4.77. The molecule has 0 atom stereocenters. The number of hydrogen-bond donors (Lipinski definition) is 0. The van der Waals surface area contributed by atoms with Gasteiger partial charge in [-0.25, -0.2) is 4.98 Å². The molecule has 0 bridgehead atoms. The van der Waals surface area contributed by atoms with E-state index in [2.05, 4.69) is 47.6 Å². The van der Waals surface area contributed by atoms with E-state index in [1.54, 1.807) is 0 Å². The minimum Gasteiger partial charge on any atom is -0.250 e. The maximum atomic E-state index is 4.77. The van der Waals surface area contributed by atoms with Crippen LogP contribution in [0.3, 0.4) is 0 Å². The Morgan fingerprint density at radius 1 is 0.944 bits per heavy atom. The van der Waals surface area contributed by atoms with E-state index in [1.165, 1.54) is 10.8 Å². The third-order valence-electron chi connectivity index (χ3n) is 3.40. The van der Waals surface area contributed by atoms with Gasteiger partial charge in [0.2, 0.25) is 0 Å². The zero-order chi connectivity index (χ0) is 12.1. The fourth-order valence-corrected chi connectivity index (χ4v) is 2.47. The molecule has 0 N–H and O–H groups in total. The molecule has 2 aromatic carbocycles. The van der Waals surface area contributed by atoms with Gasteiger partial charge < -0.3 is 0 Å². The van der Waals surface area contributed by atoms with Crippen LogP contribution in [0.4, 0.5) is 0 Å². The lowest BCUT2D eigenvalue weighted by Gasteiger charge is -2.03. The van der Waals surface area contributed by atoms with Crippen LogP contribution in [0.1, 0.15) is 0 Å². The van der Waals surface area contributed by atoms with Crippen molar-refractivity contribution in [1.29, 1.82) is 0 Å². The van der Waals surface area contributed by atoms with Gasteiger partial charge in [0, 0.05) is 23.2 Å². The number of nitrogens with zero attached hydrogens (tertiary/aromatic N) is 3. The molecule has 0 amide bonds.